The first-order valence-corrected chi connectivity index (χ1v) is 22.8. The van der Waals surface area contributed by atoms with Crippen molar-refractivity contribution in [1.29, 1.82) is 0 Å². The maximum Gasteiger partial charge on any atom is 0.343 e. The molecule has 11 atom stereocenters. The quantitative estimate of drug-likeness (QED) is 0.104. The molecule has 302 valence electrons. The predicted molar refractivity (Wildman–Crippen MR) is 224 cm³/mol. The lowest BCUT2D eigenvalue weighted by atomic mass is 9.51. The largest absolute Gasteiger partial charge is 0.494 e. The van der Waals surface area contributed by atoms with Crippen molar-refractivity contribution in [2.45, 2.75) is 154 Å². The zero-order valence-corrected chi connectivity index (χ0v) is 34.7. The number of hydrogen-bond acceptors (Lipinski definition) is 5. The smallest absolute Gasteiger partial charge is 0.343 e. The highest BCUT2D eigenvalue weighted by atomic mass is 16.6. The van der Waals surface area contributed by atoms with Crippen LogP contribution in [0.25, 0.3) is 0 Å². The number of unbranched alkanes of at least 4 members (excludes halogenated alkanes) is 3. The Morgan fingerprint density at radius 2 is 1.68 bits per heavy atom. The second-order valence-corrected chi connectivity index (χ2v) is 19.6. The summed E-state index contributed by atoms with van der Waals surface area (Å²) in [5.74, 6) is 8.87. The van der Waals surface area contributed by atoms with Gasteiger partial charge in [-0.15, -0.1) is 6.42 Å². The second-order valence-electron chi connectivity index (χ2n) is 19.6. The molecule has 0 saturated heterocycles. The van der Waals surface area contributed by atoms with E-state index < -0.39 is 5.60 Å². The lowest BCUT2D eigenvalue weighted by Crippen LogP contribution is -2.53. The minimum atomic E-state index is -0.764. The van der Waals surface area contributed by atoms with Gasteiger partial charge in [0.25, 0.3) is 0 Å². The van der Waals surface area contributed by atoms with Crippen LogP contribution in [0, 0.1) is 58.7 Å². The Bertz CT molecular complexity index is 1950. The number of terminal acetylenes is 1. The molecule has 0 spiro atoms. The summed E-state index contributed by atoms with van der Waals surface area (Å²) in [6.45, 7) is 7.10. The van der Waals surface area contributed by atoms with Crippen LogP contribution in [0.4, 0.5) is 0 Å². The third-order valence-corrected chi connectivity index (χ3v) is 17.1. The number of ether oxygens (including phenoxy) is 3. The first kappa shape index (κ1) is 38.7. The summed E-state index contributed by atoms with van der Waals surface area (Å²) in [7, 11) is 0. The molecule has 0 heterocycles. The molecule has 0 N–H and O–H groups in total. The third-order valence-electron chi connectivity index (χ3n) is 17.1. The molecule has 57 heavy (non-hydrogen) atoms. The van der Waals surface area contributed by atoms with Crippen molar-refractivity contribution in [3.8, 4) is 18.1 Å². The number of aryl methyl sites for hydroxylation is 1. The van der Waals surface area contributed by atoms with Gasteiger partial charge in [-0.2, -0.15) is 0 Å². The molecule has 5 heteroatoms. The predicted octanol–water partition coefficient (Wildman–Crippen LogP) is 12.1. The van der Waals surface area contributed by atoms with Crippen molar-refractivity contribution in [2.75, 3.05) is 0 Å². The number of carbonyl (C=O) groups excluding carboxylic acids is 2. The molecule has 0 aromatic heterocycles. The van der Waals surface area contributed by atoms with Crippen molar-refractivity contribution >= 4 is 11.9 Å². The van der Waals surface area contributed by atoms with Crippen molar-refractivity contribution in [1.82, 2.24) is 0 Å². The van der Waals surface area contributed by atoms with Crippen LogP contribution >= 0.6 is 0 Å². The third kappa shape index (κ3) is 6.70. The van der Waals surface area contributed by atoms with Gasteiger partial charge in [0.2, 0.25) is 0 Å². The van der Waals surface area contributed by atoms with E-state index in [4.69, 9.17) is 20.6 Å². The van der Waals surface area contributed by atoms with E-state index in [1.807, 2.05) is 24.3 Å². The second kappa shape index (κ2) is 15.4. The lowest BCUT2D eigenvalue weighted by Gasteiger charge is -2.54. The standard InChI is InChI=1S/C52H64O5/c1-5-7-8-12-15-48(53)57-52(6-2)31-28-46-44-21-17-35-32-37(18-22-40(35)42(44)27-30-51(46,52)4)55-47-25-24-45-43-20-16-36-33-38(56-49(54)34-13-10-9-11-14-34)19-23-39(36)41(43)26-29-50(45,47)3/h2,9-11,13-14,17,19,23,32-33,40-47H,5,7-8,12,15-16,18,20-22,24-31H2,1,3-4H3/t40-,41+,42+,43+,44+,45-,46-,47-,50-,51-,52-/m0/s1. The molecule has 2 aromatic carbocycles. The van der Waals surface area contributed by atoms with Crippen LogP contribution in [0.15, 0.2) is 72.0 Å². The molecule has 7 aliphatic carbocycles. The summed E-state index contributed by atoms with van der Waals surface area (Å²) in [5, 5.41) is 0. The monoisotopic (exact) mass is 768 g/mol. The summed E-state index contributed by atoms with van der Waals surface area (Å²) < 4.78 is 19.3. The summed E-state index contributed by atoms with van der Waals surface area (Å²) in [6, 6.07) is 15.7. The minimum Gasteiger partial charge on any atom is -0.494 e. The Labute approximate surface area is 341 Å². The van der Waals surface area contributed by atoms with Gasteiger partial charge < -0.3 is 14.2 Å². The Kier molecular flexibility index (Phi) is 10.5. The highest BCUT2D eigenvalue weighted by molar-refractivity contribution is 5.91. The number of allylic oxidation sites excluding steroid dienone is 4. The first-order valence-electron chi connectivity index (χ1n) is 22.8. The van der Waals surface area contributed by atoms with Crippen LogP contribution in [0.5, 0.6) is 5.75 Å². The Morgan fingerprint density at radius 3 is 2.51 bits per heavy atom. The van der Waals surface area contributed by atoms with Crippen LogP contribution in [0.1, 0.15) is 157 Å². The summed E-state index contributed by atoms with van der Waals surface area (Å²) >= 11 is 0. The number of carbonyl (C=O) groups is 2. The Hall–Kier alpha value is -3.78. The van der Waals surface area contributed by atoms with Crippen LogP contribution in [0.2, 0.25) is 0 Å². The fourth-order valence-electron chi connectivity index (χ4n) is 14.1. The topological polar surface area (TPSA) is 61.8 Å². The van der Waals surface area contributed by atoms with Gasteiger partial charge in [-0.25, -0.2) is 4.79 Å². The van der Waals surface area contributed by atoms with E-state index in [-0.39, 0.29) is 28.9 Å². The molecule has 0 unspecified atom stereocenters. The average Bonchev–Trinajstić information content (AvgIpc) is 3.72. The molecule has 7 aliphatic rings. The van der Waals surface area contributed by atoms with Crippen molar-refractivity contribution in [3.63, 3.8) is 0 Å². The Morgan fingerprint density at radius 1 is 0.825 bits per heavy atom. The fourth-order valence-corrected chi connectivity index (χ4v) is 14.1. The summed E-state index contributed by atoms with van der Waals surface area (Å²) in [4.78, 5) is 25.8. The van der Waals surface area contributed by atoms with Gasteiger partial charge in [0.05, 0.1) is 11.3 Å². The van der Waals surface area contributed by atoms with Crippen molar-refractivity contribution in [3.05, 3.63) is 88.7 Å². The molecule has 0 bridgehead atoms. The van der Waals surface area contributed by atoms with E-state index in [0.29, 0.717) is 59.2 Å². The van der Waals surface area contributed by atoms with Gasteiger partial charge in [-0.3, -0.25) is 4.79 Å². The van der Waals surface area contributed by atoms with E-state index in [1.165, 1.54) is 54.6 Å². The van der Waals surface area contributed by atoms with Gasteiger partial charge in [0.1, 0.15) is 11.9 Å². The molecule has 0 aliphatic heterocycles. The highest BCUT2D eigenvalue weighted by Gasteiger charge is 2.64. The molecule has 9 rings (SSSR count). The number of benzene rings is 2. The van der Waals surface area contributed by atoms with Crippen LogP contribution in [-0.4, -0.2) is 23.6 Å². The summed E-state index contributed by atoms with van der Waals surface area (Å²) in [5.41, 5.74) is 4.21. The van der Waals surface area contributed by atoms with Gasteiger partial charge in [-0.1, -0.05) is 76.3 Å². The SMILES string of the molecule is C#C[C@]1(OC(=O)CCCCCC)CC[C@H]2[C@@H]3CC=C4C=C(O[C@H]5CC[C@H]6[C@@H]7CCc8cc(OC(=O)c9ccccc9)ccc8[C@H]7CC[C@]56C)CC[C@@H]4[C@H]3CC[C@@]21C. The number of esters is 2. The number of rotatable bonds is 10. The first-order chi connectivity index (χ1) is 27.7. The van der Waals surface area contributed by atoms with E-state index in [1.54, 1.807) is 12.1 Å². The number of hydrogen-bond donors (Lipinski definition) is 0. The lowest BCUT2D eigenvalue weighted by molar-refractivity contribution is -0.170. The molecule has 0 radical (unpaired) electrons. The maximum atomic E-state index is 13.1. The molecule has 2 aromatic rings. The van der Waals surface area contributed by atoms with Crippen LogP contribution in [-0.2, 0) is 20.7 Å². The normalized spacial score (nSPS) is 37.4. The highest BCUT2D eigenvalue weighted by Crippen LogP contribution is 2.66. The Balaban J connectivity index is 0.839. The molecule has 5 nitrogen and oxygen atoms in total. The maximum absolute atomic E-state index is 13.1. The van der Waals surface area contributed by atoms with Gasteiger partial charge in [0, 0.05) is 23.7 Å². The zero-order valence-electron chi connectivity index (χ0n) is 34.7. The fraction of sp³-hybridized carbons (Fsp3) is 0.615. The van der Waals surface area contributed by atoms with Gasteiger partial charge >= 0.3 is 11.9 Å². The average molecular weight is 769 g/mol. The van der Waals surface area contributed by atoms with E-state index >= 15 is 0 Å². The van der Waals surface area contributed by atoms with Crippen molar-refractivity contribution in [2.24, 2.45) is 46.3 Å². The van der Waals surface area contributed by atoms with E-state index in [0.717, 1.165) is 77.0 Å². The van der Waals surface area contributed by atoms with E-state index in [9.17, 15) is 9.59 Å². The number of fused-ring (bicyclic) bond motifs is 10. The summed E-state index contributed by atoms with van der Waals surface area (Å²) in [6.07, 6.45) is 30.8. The van der Waals surface area contributed by atoms with Crippen LogP contribution in [0.3, 0.4) is 0 Å². The molecule has 4 saturated carbocycles. The van der Waals surface area contributed by atoms with Gasteiger partial charge in [0.15, 0.2) is 5.60 Å². The molecule has 4 fully saturated rings. The van der Waals surface area contributed by atoms with Crippen molar-refractivity contribution < 1.29 is 23.8 Å². The van der Waals surface area contributed by atoms with E-state index in [2.05, 4.69) is 51.0 Å². The molecule has 0 amide bonds. The molecular weight excluding hydrogens is 705 g/mol. The zero-order chi connectivity index (χ0) is 39.4. The van der Waals surface area contributed by atoms with Crippen LogP contribution < -0.4 is 4.74 Å². The van der Waals surface area contributed by atoms with Gasteiger partial charge in [-0.05, 0) is 172 Å². The molecular formula is C52H64O5. The minimum absolute atomic E-state index is 0.0950.